The van der Waals surface area contributed by atoms with Crippen LogP contribution in [0.4, 0.5) is 17.1 Å². The molecule has 5 heteroatoms. The number of non-ortho nitro benzene ring substituents is 1. The monoisotopic (exact) mass is 265 g/mol. The van der Waals surface area contributed by atoms with E-state index in [-0.39, 0.29) is 5.69 Å². The summed E-state index contributed by atoms with van der Waals surface area (Å²) < 4.78 is 0. The molecule has 106 valence electrons. The molecule has 0 bridgehead atoms. The molecule has 0 heterocycles. The summed E-state index contributed by atoms with van der Waals surface area (Å²) in [4.78, 5) is 10.4. The normalized spacial score (nSPS) is 11.3. The van der Waals surface area contributed by atoms with Crippen molar-refractivity contribution in [3.05, 3.63) is 28.3 Å². The quantitative estimate of drug-likeness (QED) is 0.468. The van der Waals surface area contributed by atoms with Crippen molar-refractivity contribution in [3.63, 3.8) is 0 Å². The van der Waals surface area contributed by atoms with E-state index in [1.54, 1.807) is 6.07 Å². The highest BCUT2D eigenvalue weighted by Gasteiger charge is 2.17. The maximum absolute atomic E-state index is 10.8. The summed E-state index contributed by atoms with van der Waals surface area (Å²) in [6.45, 7) is 9.54. The summed E-state index contributed by atoms with van der Waals surface area (Å²) in [6.07, 6.45) is 0. The lowest BCUT2D eigenvalue weighted by Gasteiger charge is -2.25. The number of rotatable bonds is 6. The molecule has 0 aliphatic rings. The van der Waals surface area contributed by atoms with E-state index in [9.17, 15) is 10.1 Å². The van der Waals surface area contributed by atoms with Gasteiger partial charge in [0.25, 0.3) is 5.69 Å². The number of hydrogen-bond donors (Lipinski definition) is 2. The minimum Gasteiger partial charge on any atom is -0.398 e. The van der Waals surface area contributed by atoms with Crippen LogP contribution in [0.1, 0.15) is 27.7 Å². The second kappa shape index (κ2) is 6.41. The van der Waals surface area contributed by atoms with Gasteiger partial charge in [-0.1, -0.05) is 27.7 Å². The SMILES string of the molecule is CC(C)C(CNc1cc(N)cc([N+](=O)[O-])c1)C(C)C. The van der Waals surface area contributed by atoms with Gasteiger partial charge in [-0.2, -0.15) is 0 Å². The maximum atomic E-state index is 10.8. The van der Waals surface area contributed by atoms with Crippen molar-refractivity contribution in [2.75, 3.05) is 17.6 Å². The molecular formula is C14H23N3O2. The predicted molar refractivity (Wildman–Crippen MR) is 79.2 cm³/mol. The fraction of sp³-hybridized carbons (Fsp3) is 0.571. The molecule has 0 atom stereocenters. The smallest absolute Gasteiger partial charge is 0.273 e. The van der Waals surface area contributed by atoms with Gasteiger partial charge in [0.2, 0.25) is 0 Å². The van der Waals surface area contributed by atoms with Gasteiger partial charge in [-0.3, -0.25) is 10.1 Å². The Morgan fingerprint density at radius 3 is 2.26 bits per heavy atom. The van der Waals surface area contributed by atoms with Crippen molar-refractivity contribution in [1.29, 1.82) is 0 Å². The Morgan fingerprint density at radius 1 is 1.21 bits per heavy atom. The molecule has 1 aromatic rings. The summed E-state index contributed by atoms with van der Waals surface area (Å²) in [7, 11) is 0. The van der Waals surface area contributed by atoms with Crippen LogP contribution in [-0.4, -0.2) is 11.5 Å². The van der Waals surface area contributed by atoms with Crippen LogP contribution in [0.15, 0.2) is 18.2 Å². The van der Waals surface area contributed by atoms with Crippen LogP contribution in [0.3, 0.4) is 0 Å². The first kappa shape index (κ1) is 15.3. The zero-order chi connectivity index (χ0) is 14.6. The van der Waals surface area contributed by atoms with Gasteiger partial charge in [0.05, 0.1) is 4.92 Å². The molecule has 0 saturated heterocycles. The van der Waals surface area contributed by atoms with E-state index >= 15 is 0 Å². The molecule has 1 rings (SSSR count). The van der Waals surface area contributed by atoms with E-state index < -0.39 is 4.92 Å². The number of nitro groups is 1. The van der Waals surface area contributed by atoms with E-state index in [1.165, 1.54) is 12.1 Å². The first-order valence-corrected chi connectivity index (χ1v) is 6.60. The summed E-state index contributed by atoms with van der Waals surface area (Å²) in [5.41, 5.74) is 6.81. The van der Waals surface area contributed by atoms with Crippen LogP contribution in [0, 0.1) is 27.9 Å². The molecule has 0 spiro atoms. The first-order valence-electron chi connectivity index (χ1n) is 6.60. The van der Waals surface area contributed by atoms with Crippen LogP contribution in [0.2, 0.25) is 0 Å². The van der Waals surface area contributed by atoms with Gasteiger partial charge >= 0.3 is 0 Å². The molecule has 0 radical (unpaired) electrons. The highest BCUT2D eigenvalue weighted by Crippen LogP contribution is 2.25. The van der Waals surface area contributed by atoms with Gasteiger partial charge in [0.1, 0.15) is 0 Å². The highest BCUT2D eigenvalue weighted by molar-refractivity contribution is 5.61. The topological polar surface area (TPSA) is 81.2 Å². The summed E-state index contributed by atoms with van der Waals surface area (Å²) in [5.74, 6) is 1.63. The Morgan fingerprint density at radius 2 is 1.79 bits per heavy atom. The van der Waals surface area contributed by atoms with Crippen LogP contribution < -0.4 is 11.1 Å². The van der Waals surface area contributed by atoms with Crippen molar-refractivity contribution >= 4 is 17.1 Å². The summed E-state index contributed by atoms with van der Waals surface area (Å²) >= 11 is 0. The molecule has 0 amide bonds. The van der Waals surface area contributed by atoms with Crippen molar-refractivity contribution < 1.29 is 4.92 Å². The molecule has 0 aliphatic carbocycles. The maximum Gasteiger partial charge on any atom is 0.273 e. The largest absolute Gasteiger partial charge is 0.398 e. The van der Waals surface area contributed by atoms with E-state index in [1.807, 2.05) is 0 Å². The summed E-state index contributed by atoms with van der Waals surface area (Å²) in [6, 6.07) is 4.62. The third-order valence-corrected chi connectivity index (χ3v) is 3.41. The van der Waals surface area contributed by atoms with Gasteiger partial charge in [0, 0.05) is 30.1 Å². The van der Waals surface area contributed by atoms with E-state index in [2.05, 4.69) is 33.0 Å². The van der Waals surface area contributed by atoms with Gasteiger partial charge < -0.3 is 11.1 Å². The zero-order valence-corrected chi connectivity index (χ0v) is 12.0. The Bertz CT molecular complexity index is 436. The molecule has 0 unspecified atom stereocenters. The molecular weight excluding hydrogens is 242 g/mol. The lowest BCUT2D eigenvalue weighted by atomic mass is 9.85. The average Bonchev–Trinajstić information content (AvgIpc) is 2.27. The number of nitro benzene ring substituents is 1. The van der Waals surface area contributed by atoms with Gasteiger partial charge in [0.15, 0.2) is 0 Å². The Kier molecular flexibility index (Phi) is 5.15. The van der Waals surface area contributed by atoms with Crippen molar-refractivity contribution in [2.45, 2.75) is 27.7 Å². The van der Waals surface area contributed by atoms with Crippen molar-refractivity contribution in [1.82, 2.24) is 0 Å². The van der Waals surface area contributed by atoms with Crippen LogP contribution in [0.5, 0.6) is 0 Å². The van der Waals surface area contributed by atoms with E-state index in [4.69, 9.17) is 5.73 Å². The van der Waals surface area contributed by atoms with Crippen molar-refractivity contribution in [2.24, 2.45) is 17.8 Å². The Labute approximate surface area is 114 Å². The zero-order valence-electron chi connectivity index (χ0n) is 12.0. The standard InChI is InChI=1S/C14H23N3O2/c1-9(2)14(10(3)4)8-16-12-5-11(15)6-13(7-12)17(18)19/h5-7,9-10,14,16H,8,15H2,1-4H3. The number of anilines is 2. The molecule has 0 aliphatic heterocycles. The van der Waals surface area contributed by atoms with E-state index in [0.29, 0.717) is 29.1 Å². The molecule has 5 nitrogen and oxygen atoms in total. The molecule has 1 aromatic carbocycles. The van der Waals surface area contributed by atoms with Gasteiger partial charge in [-0.05, 0) is 23.8 Å². The Hall–Kier alpha value is -1.78. The average molecular weight is 265 g/mol. The number of hydrogen-bond acceptors (Lipinski definition) is 4. The molecule has 0 fully saturated rings. The number of nitrogen functional groups attached to an aromatic ring is 1. The third kappa shape index (κ3) is 4.43. The lowest BCUT2D eigenvalue weighted by molar-refractivity contribution is -0.384. The fourth-order valence-electron chi connectivity index (χ4n) is 2.32. The van der Waals surface area contributed by atoms with Gasteiger partial charge in [-0.15, -0.1) is 0 Å². The minimum absolute atomic E-state index is 0.0214. The number of nitrogens with one attached hydrogen (secondary N) is 1. The Balaban J connectivity index is 2.79. The third-order valence-electron chi connectivity index (χ3n) is 3.41. The lowest BCUT2D eigenvalue weighted by Crippen LogP contribution is -2.24. The molecule has 19 heavy (non-hydrogen) atoms. The first-order chi connectivity index (χ1) is 8.81. The van der Waals surface area contributed by atoms with E-state index in [0.717, 1.165) is 6.54 Å². The summed E-state index contributed by atoms with van der Waals surface area (Å²) in [5, 5.41) is 14.0. The van der Waals surface area contributed by atoms with Crippen LogP contribution in [0.25, 0.3) is 0 Å². The molecule has 3 N–H and O–H groups in total. The number of benzene rings is 1. The van der Waals surface area contributed by atoms with Crippen LogP contribution >= 0.6 is 0 Å². The highest BCUT2D eigenvalue weighted by atomic mass is 16.6. The fourth-order valence-corrected chi connectivity index (χ4v) is 2.32. The van der Waals surface area contributed by atoms with Gasteiger partial charge in [-0.25, -0.2) is 0 Å². The van der Waals surface area contributed by atoms with Crippen molar-refractivity contribution in [3.8, 4) is 0 Å². The second-order valence-corrected chi connectivity index (χ2v) is 5.60. The predicted octanol–water partition coefficient (Wildman–Crippen LogP) is 3.52. The number of nitrogens with two attached hydrogens (primary N) is 1. The number of nitrogens with zero attached hydrogens (tertiary/aromatic N) is 1. The molecule has 0 saturated carbocycles. The minimum atomic E-state index is -0.427. The molecule has 0 aromatic heterocycles. The van der Waals surface area contributed by atoms with Crippen LogP contribution in [-0.2, 0) is 0 Å². The second-order valence-electron chi connectivity index (χ2n) is 5.60.